The Morgan fingerprint density at radius 3 is 2.33 bits per heavy atom. The van der Waals surface area contributed by atoms with E-state index in [1.807, 2.05) is 11.8 Å². The molecule has 1 heterocycles. The molecule has 15 heavy (non-hydrogen) atoms. The van der Waals surface area contributed by atoms with Gasteiger partial charge in [-0.1, -0.05) is 0 Å². The van der Waals surface area contributed by atoms with Crippen molar-refractivity contribution in [2.24, 2.45) is 0 Å². The zero-order chi connectivity index (χ0) is 11.3. The molecule has 1 rings (SSSR count). The van der Waals surface area contributed by atoms with Gasteiger partial charge in [0.25, 0.3) is 0 Å². The van der Waals surface area contributed by atoms with Crippen LogP contribution in [0.5, 0.6) is 0 Å². The van der Waals surface area contributed by atoms with Gasteiger partial charge < -0.3 is 9.80 Å². The molecule has 0 bridgehead atoms. The van der Waals surface area contributed by atoms with E-state index >= 15 is 0 Å². The molecule has 1 fully saturated rings. The largest absolute Gasteiger partial charge is 0.343 e. The van der Waals surface area contributed by atoms with Gasteiger partial charge in [-0.3, -0.25) is 9.59 Å². The van der Waals surface area contributed by atoms with Crippen molar-refractivity contribution in [2.45, 2.75) is 33.1 Å². The maximum Gasteiger partial charge on any atom is 0.224 e. The Hall–Kier alpha value is -1.06. The van der Waals surface area contributed by atoms with Crippen molar-refractivity contribution in [3.8, 4) is 0 Å². The smallest absolute Gasteiger partial charge is 0.224 e. The third-order valence-corrected chi connectivity index (χ3v) is 2.88. The Bertz CT molecular complexity index is 235. The molecule has 4 nitrogen and oxygen atoms in total. The standard InChI is InChI=1S/C11H20N2O2/c1-3-12(10(2)14)9-6-11(15)13-7-4-5-8-13/h3-9H2,1-2H3. The predicted molar refractivity (Wildman–Crippen MR) is 58.4 cm³/mol. The predicted octanol–water partition coefficient (Wildman–Crippen LogP) is 0.867. The highest BCUT2D eigenvalue weighted by Gasteiger charge is 2.18. The molecule has 86 valence electrons. The number of nitrogens with zero attached hydrogens (tertiary/aromatic N) is 2. The van der Waals surface area contributed by atoms with Crippen LogP contribution in [0.1, 0.15) is 33.1 Å². The van der Waals surface area contributed by atoms with Gasteiger partial charge in [-0.15, -0.1) is 0 Å². The summed E-state index contributed by atoms with van der Waals surface area (Å²) in [6.45, 7) is 6.51. The van der Waals surface area contributed by atoms with E-state index < -0.39 is 0 Å². The SMILES string of the molecule is CCN(CCC(=O)N1CCCC1)C(C)=O. The van der Waals surface area contributed by atoms with Gasteiger partial charge in [-0.25, -0.2) is 0 Å². The average molecular weight is 212 g/mol. The first-order chi connectivity index (χ1) is 7.15. The van der Waals surface area contributed by atoms with Gasteiger partial charge in [-0.05, 0) is 19.8 Å². The van der Waals surface area contributed by atoms with Gasteiger partial charge in [0, 0.05) is 39.5 Å². The molecule has 0 atom stereocenters. The molecule has 1 saturated heterocycles. The molecular weight excluding hydrogens is 192 g/mol. The maximum atomic E-state index is 11.7. The van der Waals surface area contributed by atoms with Crippen molar-refractivity contribution in [3.63, 3.8) is 0 Å². The maximum absolute atomic E-state index is 11.7. The summed E-state index contributed by atoms with van der Waals surface area (Å²) in [5.41, 5.74) is 0. The van der Waals surface area contributed by atoms with Crippen molar-refractivity contribution in [2.75, 3.05) is 26.2 Å². The molecule has 0 spiro atoms. The highest BCUT2D eigenvalue weighted by molar-refractivity contribution is 5.78. The Morgan fingerprint density at radius 2 is 1.87 bits per heavy atom. The average Bonchev–Trinajstić information content (AvgIpc) is 2.70. The molecule has 0 N–H and O–H groups in total. The van der Waals surface area contributed by atoms with Gasteiger partial charge in [-0.2, -0.15) is 0 Å². The first kappa shape index (κ1) is 12.0. The number of hydrogen-bond acceptors (Lipinski definition) is 2. The van der Waals surface area contributed by atoms with E-state index in [0.29, 0.717) is 19.5 Å². The lowest BCUT2D eigenvalue weighted by molar-refractivity contribution is -0.132. The highest BCUT2D eigenvalue weighted by atomic mass is 16.2. The third-order valence-electron chi connectivity index (χ3n) is 2.88. The van der Waals surface area contributed by atoms with E-state index in [1.165, 1.54) is 0 Å². The van der Waals surface area contributed by atoms with Crippen molar-refractivity contribution < 1.29 is 9.59 Å². The van der Waals surface area contributed by atoms with Crippen molar-refractivity contribution in [1.29, 1.82) is 0 Å². The van der Waals surface area contributed by atoms with Gasteiger partial charge in [0.05, 0.1) is 0 Å². The number of carbonyl (C=O) groups is 2. The molecule has 0 saturated carbocycles. The third kappa shape index (κ3) is 3.53. The summed E-state index contributed by atoms with van der Waals surface area (Å²) in [5, 5.41) is 0. The molecule has 1 aliphatic rings. The molecule has 0 aromatic carbocycles. The highest BCUT2D eigenvalue weighted by Crippen LogP contribution is 2.09. The Labute approximate surface area is 91.2 Å². The first-order valence-electron chi connectivity index (χ1n) is 5.68. The van der Waals surface area contributed by atoms with Crippen molar-refractivity contribution in [1.82, 2.24) is 9.80 Å². The minimum Gasteiger partial charge on any atom is -0.343 e. The lowest BCUT2D eigenvalue weighted by Gasteiger charge is -2.21. The number of likely N-dealkylation sites (tertiary alicyclic amines) is 1. The summed E-state index contributed by atoms with van der Waals surface area (Å²) in [5.74, 6) is 0.235. The van der Waals surface area contributed by atoms with Crippen molar-refractivity contribution in [3.05, 3.63) is 0 Å². The molecule has 0 aromatic heterocycles. The molecule has 0 aromatic rings. The van der Waals surface area contributed by atoms with Gasteiger partial charge in [0.1, 0.15) is 0 Å². The first-order valence-corrected chi connectivity index (χ1v) is 5.68. The minimum atomic E-state index is 0.0479. The van der Waals surface area contributed by atoms with Crippen molar-refractivity contribution >= 4 is 11.8 Å². The molecule has 2 amide bonds. The van der Waals surface area contributed by atoms with Gasteiger partial charge in [0.2, 0.25) is 11.8 Å². The van der Waals surface area contributed by atoms with Crippen LogP contribution in [-0.4, -0.2) is 47.8 Å². The lowest BCUT2D eigenvalue weighted by atomic mass is 10.3. The summed E-state index contributed by atoms with van der Waals surface area (Å²) in [6, 6.07) is 0. The van der Waals surface area contributed by atoms with Gasteiger partial charge >= 0.3 is 0 Å². The lowest BCUT2D eigenvalue weighted by Crippen LogP contribution is -2.34. The van der Waals surface area contributed by atoms with E-state index in [4.69, 9.17) is 0 Å². The molecule has 1 aliphatic heterocycles. The van der Waals surface area contributed by atoms with Crippen LogP contribution in [0.15, 0.2) is 0 Å². The monoisotopic (exact) mass is 212 g/mol. The number of amides is 2. The Morgan fingerprint density at radius 1 is 1.27 bits per heavy atom. The van der Waals surface area contributed by atoms with Crippen LogP contribution in [0.25, 0.3) is 0 Å². The van der Waals surface area contributed by atoms with Crippen LogP contribution >= 0.6 is 0 Å². The minimum absolute atomic E-state index is 0.0479. The number of rotatable bonds is 4. The molecule has 0 aliphatic carbocycles. The zero-order valence-corrected chi connectivity index (χ0v) is 9.66. The number of carbonyl (C=O) groups excluding carboxylic acids is 2. The van der Waals surface area contributed by atoms with E-state index in [0.717, 1.165) is 25.9 Å². The molecule has 4 heteroatoms. The summed E-state index contributed by atoms with van der Waals surface area (Å²) in [4.78, 5) is 26.4. The van der Waals surface area contributed by atoms with Crippen LogP contribution in [0.3, 0.4) is 0 Å². The summed E-state index contributed by atoms with van der Waals surface area (Å²) >= 11 is 0. The fourth-order valence-electron chi connectivity index (χ4n) is 1.89. The van der Waals surface area contributed by atoms with Crippen LogP contribution in [0.4, 0.5) is 0 Å². The summed E-state index contributed by atoms with van der Waals surface area (Å²) in [6.07, 6.45) is 2.71. The second kappa shape index (κ2) is 5.73. The van der Waals surface area contributed by atoms with Crippen LogP contribution in [0.2, 0.25) is 0 Å². The molecule has 0 radical (unpaired) electrons. The quantitative estimate of drug-likeness (QED) is 0.693. The fourth-order valence-corrected chi connectivity index (χ4v) is 1.89. The second-order valence-electron chi connectivity index (χ2n) is 3.94. The molecule has 0 unspecified atom stereocenters. The van der Waals surface area contributed by atoms with Crippen LogP contribution < -0.4 is 0 Å². The Kier molecular flexibility index (Phi) is 4.59. The topological polar surface area (TPSA) is 40.6 Å². The van der Waals surface area contributed by atoms with Crippen LogP contribution in [-0.2, 0) is 9.59 Å². The van der Waals surface area contributed by atoms with E-state index in [-0.39, 0.29) is 11.8 Å². The van der Waals surface area contributed by atoms with E-state index in [2.05, 4.69) is 0 Å². The normalized spacial score (nSPS) is 15.5. The van der Waals surface area contributed by atoms with Gasteiger partial charge in [0.15, 0.2) is 0 Å². The van der Waals surface area contributed by atoms with E-state index in [1.54, 1.807) is 11.8 Å². The summed E-state index contributed by atoms with van der Waals surface area (Å²) in [7, 11) is 0. The number of hydrogen-bond donors (Lipinski definition) is 0. The zero-order valence-electron chi connectivity index (χ0n) is 9.66. The van der Waals surface area contributed by atoms with Crippen LogP contribution in [0, 0.1) is 0 Å². The summed E-state index contributed by atoms with van der Waals surface area (Å²) < 4.78 is 0. The van der Waals surface area contributed by atoms with E-state index in [9.17, 15) is 9.59 Å². The fraction of sp³-hybridized carbons (Fsp3) is 0.818. The molecular formula is C11H20N2O2. The Balaban J connectivity index is 2.28. The second-order valence-corrected chi connectivity index (χ2v) is 3.94.